The van der Waals surface area contributed by atoms with E-state index in [1.165, 1.54) is 12.3 Å². The molecule has 1 aliphatic carbocycles. The quantitative estimate of drug-likeness (QED) is 0.667. The maximum Gasteiger partial charge on any atom is 0.288 e. The van der Waals surface area contributed by atoms with Crippen LogP contribution in [0, 0.1) is 10.1 Å². The van der Waals surface area contributed by atoms with Gasteiger partial charge in [-0.25, -0.2) is 4.98 Å². The molecule has 1 aromatic rings. The molecule has 0 saturated heterocycles. The summed E-state index contributed by atoms with van der Waals surface area (Å²) in [5.41, 5.74) is -0.0202. The molecule has 18 heavy (non-hydrogen) atoms. The maximum absolute atomic E-state index is 10.6. The van der Waals surface area contributed by atoms with Crippen LogP contribution in [0.5, 0.6) is 0 Å². The van der Waals surface area contributed by atoms with E-state index in [0.717, 1.165) is 19.4 Å². The zero-order valence-electron chi connectivity index (χ0n) is 9.93. The average Bonchev–Trinajstić information content (AvgIpc) is 2.28. The number of hydrogen-bond donors (Lipinski definition) is 1. The summed E-state index contributed by atoms with van der Waals surface area (Å²) in [7, 11) is 0. The van der Waals surface area contributed by atoms with Gasteiger partial charge in [0.1, 0.15) is 12.0 Å². The second-order valence-electron chi connectivity index (χ2n) is 4.17. The van der Waals surface area contributed by atoms with Crippen LogP contribution in [0.4, 0.5) is 11.5 Å². The van der Waals surface area contributed by atoms with E-state index >= 15 is 0 Å². The molecule has 2 rings (SSSR count). The number of ether oxygens (including phenoxy) is 1. The Morgan fingerprint density at radius 2 is 2.39 bits per heavy atom. The molecule has 1 saturated carbocycles. The first-order valence-corrected chi connectivity index (χ1v) is 6.57. The molecule has 0 aromatic carbocycles. The van der Waals surface area contributed by atoms with Crippen LogP contribution in [0.25, 0.3) is 0 Å². The highest BCUT2D eigenvalue weighted by Crippen LogP contribution is 2.30. The van der Waals surface area contributed by atoms with Gasteiger partial charge >= 0.3 is 0 Å². The number of hydrogen-bond acceptors (Lipinski definition) is 5. The molecule has 0 radical (unpaired) electrons. The van der Waals surface area contributed by atoms with E-state index in [9.17, 15) is 10.1 Å². The molecule has 7 heteroatoms. The highest BCUT2D eigenvalue weighted by atomic mass is 79.9. The van der Waals surface area contributed by atoms with Crippen LogP contribution in [0.1, 0.15) is 19.8 Å². The van der Waals surface area contributed by atoms with Crippen LogP contribution in [0.2, 0.25) is 0 Å². The van der Waals surface area contributed by atoms with Crippen LogP contribution in [0.3, 0.4) is 0 Å². The largest absolute Gasteiger partial charge is 0.378 e. The van der Waals surface area contributed by atoms with Crippen molar-refractivity contribution in [1.82, 2.24) is 4.98 Å². The number of pyridine rings is 1. The second kappa shape index (κ2) is 5.62. The van der Waals surface area contributed by atoms with E-state index in [0.29, 0.717) is 22.4 Å². The first-order chi connectivity index (χ1) is 8.60. The lowest BCUT2D eigenvalue weighted by atomic mass is 9.89. The van der Waals surface area contributed by atoms with Crippen molar-refractivity contribution in [3.05, 3.63) is 26.9 Å². The predicted molar refractivity (Wildman–Crippen MR) is 70.7 cm³/mol. The second-order valence-corrected chi connectivity index (χ2v) is 5.03. The number of anilines is 1. The van der Waals surface area contributed by atoms with E-state index < -0.39 is 4.92 Å². The summed E-state index contributed by atoms with van der Waals surface area (Å²) in [6.07, 6.45) is 3.47. The Labute approximate surface area is 113 Å². The first-order valence-electron chi connectivity index (χ1n) is 5.78. The van der Waals surface area contributed by atoms with Gasteiger partial charge in [-0.15, -0.1) is 0 Å². The molecule has 0 spiro atoms. The van der Waals surface area contributed by atoms with E-state index in [2.05, 4.69) is 26.2 Å². The van der Waals surface area contributed by atoms with Crippen molar-refractivity contribution in [2.24, 2.45) is 0 Å². The number of aromatic nitrogens is 1. The molecule has 0 bridgehead atoms. The summed E-state index contributed by atoms with van der Waals surface area (Å²) < 4.78 is 6.07. The van der Waals surface area contributed by atoms with Gasteiger partial charge in [-0.05, 0) is 35.7 Å². The van der Waals surface area contributed by atoms with Crippen LogP contribution in [0.15, 0.2) is 16.7 Å². The van der Waals surface area contributed by atoms with Gasteiger partial charge in [0.15, 0.2) is 0 Å². The number of nitro groups is 1. The van der Waals surface area contributed by atoms with Gasteiger partial charge in [-0.2, -0.15) is 0 Å². The molecular weight excluding hydrogens is 302 g/mol. The number of halogens is 1. The van der Waals surface area contributed by atoms with Crippen LogP contribution in [-0.4, -0.2) is 28.7 Å². The lowest BCUT2D eigenvalue weighted by Crippen LogP contribution is -2.41. The summed E-state index contributed by atoms with van der Waals surface area (Å²) in [5, 5.41) is 13.8. The van der Waals surface area contributed by atoms with Gasteiger partial charge < -0.3 is 10.1 Å². The van der Waals surface area contributed by atoms with E-state index in [-0.39, 0.29) is 5.69 Å². The fourth-order valence-electron chi connectivity index (χ4n) is 1.88. The van der Waals surface area contributed by atoms with Gasteiger partial charge in [0.05, 0.1) is 15.5 Å². The van der Waals surface area contributed by atoms with Gasteiger partial charge in [0.25, 0.3) is 5.69 Å². The van der Waals surface area contributed by atoms with Crippen molar-refractivity contribution >= 4 is 27.4 Å². The van der Waals surface area contributed by atoms with Crippen molar-refractivity contribution < 1.29 is 9.66 Å². The predicted octanol–water partition coefficient (Wildman–Crippen LogP) is 2.73. The summed E-state index contributed by atoms with van der Waals surface area (Å²) in [6.45, 7) is 2.71. The van der Waals surface area contributed by atoms with E-state index in [1.807, 2.05) is 6.92 Å². The average molecular weight is 316 g/mol. The van der Waals surface area contributed by atoms with Crippen LogP contribution < -0.4 is 5.32 Å². The minimum absolute atomic E-state index is 0.0202. The standard InChI is InChI=1S/C11H14BrN3O3/c1-2-18-9-3-7(4-9)14-11-10(12)5-8(6-13-11)15(16)17/h5-7,9H,2-4H2,1H3,(H,13,14). The smallest absolute Gasteiger partial charge is 0.288 e. The topological polar surface area (TPSA) is 77.3 Å². The fraction of sp³-hybridized carbons (Fsp3) is 0.545. The Hall–Kier alpha value is -1.21. The molecule has 1 heterocycles. The molecule has 1 aliphatic rings. The zero-order chi connectivity index (χ0) is 13.1. The molecule has 0 atom stereocenters. The van der Waals surface area contributed by atoms with Crippen molar-refractivity contribution in [3.63, 3.8) is 0 Å². The first kappa shape index (κ1) is 13.2. The third kappa shape index (κ3) is 2.97. The fourth-order valence-corrected chi connectivity index (χ4v) is 2.33. The van der Waals surface area contributed by atoms with E-state index in [4.69, 9.17) is 4.74 Å². The lowest BCUT2D eigenvalue weighted by Gasteiger charge is -2.35. The molecule has 0 unspecified atom stereocenters. The minimum atomic E-state index is -0.462. The maximum atomic E-state index is 10.6. The third-order valence-corrected chi connectivity index (χ3v) is 3.48. The minimum Gasteiger partial charge on any atom is -0.378 e. The number of rotatable bonds is 5. The summed E-state index contributed by atoms with van der Waals surface area (Å²) in [5.74, 6) is 0.639. The van der Waals surface area contributed by atoms with Gasteiger partial charge in [-0.1, -0.05) is 0 Å². The van der Waals surface area contributed by atoms with Crippen molar-refractivity contribution in [2.75, 3.05) is 11.9 Å². The molecule has 0 aliphatic heterocycles. The molecule has 6 nitrogen and oxygen atoms in total. The molecule has 1 N–H and O–H groups in total. The Balaban J connectivity index is 1.93. The van der Waals surface area contributed by atoms with Gasteiger partial charge in [-0.3, -0.25) is 10.1 Å². The SMILES string of the molecule is CCOC1CC(Nc2ncc([N+](=O)[O-])cc2Br)C1. The van der Waals surface area contributed by atoms with Crippen molar-refractivity contribution in [1.29, 1.82) is 0 Å². The van der Waals surface area contributed by atoms with Gasteiger partial charge in [0.2, 0.25) is 0 Å². The Morgan fingerprint density at radius 3 is 2.94 bits per heavy atom. The molecule has 1 fully saturated rings. The Kier molecular flexibility index (Phi) is 4.13. The monoisotopic (exact) mass is 315 g/mol. The van der Waals surface area contributed by atoms with Crippen molar-refractivity contribution in [3.8, 4) is 0 Å². The van der Waals surface area contributed by atoms with Crippen LogP contribution in [-0.2, 0) is 4.74 Å². The summed E-state index contributed by atoms with van der Waals surface area (Å²) in [6, 6.07) is 1.78. The van der Waals surface area contributed by atoms with Crippen molar-refractivity contribution in [2.45, 2.75) is 31.9 Å². The zero-order valence-corrected chi connectivity index (χ0v) is 11.5. The molecule has 0 amide bonds. The normalized spacial score (nSPS) is 22.3. The highest BCUT2D eigenvalue weighted by molar-refractivity contribution is 9.10. The van der Waals surface area contributed by atoms with E-state index in [1.54, 1.807) is 0 Å². The number of nitrogens with one attached hydrogen (secondary N) is 1. The summed E-state index contributed by atoms with van der Waals surface area (Å²) >= 11 is 3.28. The Bertz CT molecular complexity index is 449. The molecular formula is C11H14BrN3O3. The third-order valence-electron chi connectivity index (χ3n) is 2.88. The number of nitrogens with zero attached hydrogens (tertiary/aromatic N) is 2. The van der Waals surface area contributed by atoms with Gasteiger partial charge in [0, 0.05) is 18.7 Å². The lowest BCUT2D eigenvalue weighted by molar-refractivity contribution is -0.385. The van der Waals surface area contributed by atoms with Crippen LogP contribution >= 0.6 is 15.9 Å². The summed E-state index contributed by atoms with van der Waals surface area (Å²) in [4.78, 5) is 14.2. The highest BCUT2D eigenvalue weighted by Gasteiger charge is 2.30. The Morgan fingerprint density at radius 1 is 1.67 bits per heavy atom. The molecule has 98 valence electrons. The molecule has 1 aromatic heterocycles.